The van der Waals surface area contributed by atoms with Gasteiger partial charge in [0.1, 0.15) is 0 Å². The van der Waals surface area contributed by atoms with Crippen molar-refractivity contribution in [1.29, 1.82) is 0 Å². The van der Waals surface area contributed by atoms with Crippen LogP contribution in [0.2, 0.25) is 0 Å². The van der Waals surface area contributed by atoms with Gasteiger partial charge in [-0.3, -0.25) is 0 Å². The summed E-state index contributed by atoms with van der Waals surface area (Å²) in [4.78, 5) is 26.8. The second-order valence-corrected chi connectivity index (χ2v) is 32.8. The van der Waals surface area contributed by atoms with E-state index in [9.17, 15) is 0 Å². The van der Waals surface area contributed by atoms with E-state index in [4.69, 9.17) is 0 Å². The summed E-state index contributed by atoms with van der Waals surface area (Å²) in [5.41, 5.74) is 26.8. The second kappa shape index (κ2) is 47.1. The van der Waals surface area contributed by atoms with Crippen molar-refractivity contribution in [3.05, 3.63) is 399 Å². The topological polar surface area (TPSA) is 77.3 Å². The Balaban J connectivity index is 0.000000194. The van der Waals surface area contributed by atoms with Crippen LogP contribution in [0, 0.1) is 64.5 Å². The van der Waals surface area contributed by atoms with Gasteiger partial charge >= 0.3 is 0 Å². The van der Waals surface area contributed by atoms with E-state index in [2.05, 4.69) is 314 Å². The van der Waals surface area contributed by atoms with Gasteiger partial charge in [0, 0.05) is 97.5 Å². The molecule has 0 aliphatic heterocycles. The maximum absolute atomic E-state index is 4.64. The molecule has 116 heavy (non-hydrogen) atoms. The fourth-order valence-corrected chi connectivity index (χ4v) is 12.7. The van der Waals surface area contributed by atoms with Crippen LogP contribution in [0.5, 0.6) is 0 Å². The van der Waals surface area contributed by atoms with Gasteiger partial charge in [0.25, 0.3) is 0 Å². The van der Waals surface area contributed by atoms with Crippen molar-refractivity contribution < 1.29 is 60.3 Å². The Labute approximate surface area is 733 Å². The molecule has 0 fully saturated rings. The zero-order valence-electron chi connectivity index (χ0n) is 69.1. The SMILES string of the molecule is CC(C)(C)Cc1ccc(-c2[c-]ccc(-c3ccccc3)c2)nc1.CC(C)(C)Cc1ccc(-c2[c-]cccc2)nc1.CC(C)(C)Cc1ccc(-c2cc[c-]c(-c3ccccn3)c2)cc1.CC(C)Cc1ccc(-c2[c-]ccc(-c3ccccc3)c2)nc1.CC(C)Cc1ccc(-c2[c-]cccc2)nc1.[Ir].[Ir].[Ir].[c-]1ccccc1-c1ccccn1. The summed E-state index contributed by atoms with van der Waals surface area (Å²) in [6, 6.07) is 120. The van der Waals surface area contributed by atoms with E-state index in [0.717, 1.165) is 99.6 Å². The van der Waals surface area contributed by atoms with E-state index < -0.39 is 0 Å². The third kappa shape index (κ3) is 32.1. The minimum absolute atomic E-state index is 0. The van der Waals surface area contributed by atoms with Gasteiger partial charge in [-0.1, -0.05) is 248 Å². The van der Waals surface area contributed by atoms with Crippen molar-refractivity contribution in [2.75, 3.05) is 0 Å². The summed E-state index contributed by atoms with van der Waals surface area (Å²) in [5, 5.41) is 0. The molecular formula is C107H106Ir3N6-6. The molecule has 6 nitrogen and oxygen atoms in total. The van der Waals surface area contributed by atoms with Crippen molar-refractivity contribution in [2.24, 2.45) is 28.1 Å². The number of nitrogens with zero attached hydrogens (tertiary/aromatic N) is 6. The average Bonchev–Trinajstić information content (AvgIpc) is 0.843. The Morgan fingerprint density at radius 3 is 0.784 bits per heavy atom. The number of benzene rings is 9. The van der Waals surface area contributed by atoms with E-state index in [1.807, 2.05) is 171 Å². The van der Waals surface area contributed by atoms with E-state index in [1.54, 1.807) is 6.20 Å². The molecule has 15 rings (SSSR count). The van der Waals surface area contributed by atoms with Crippen LogP contribution in [-0.2, 0) is 92.4 Å². The minimum atomic E-state index is 0. The van der Waals surface area contributed by atoms with Crippen LogP contribution < -0.4 is 0 Å². The predicted octanol–water partition coefficient (Wildman–Crippen LogP) is 27.4. The van der Waals surface area contributed by atoms with E-state index in [0.29, 0.717) is 22.7 Å². The fraction of sp³-hybridized carbons (Fsp3) is 0.215. The van der Waals surface area contributed by atoms with Crippen LogP contribution >= 0.6 is 0 Å². The van der Waals surface area contributed by atoms with Crippen LogP contribution in [0.4, 0.5) is 0 Å². The van der Waals surface area contributed by atoms with Gasteiger partial charge in [0.15, 0.2) is 0 Å². The summed E-state index contributed by atoms with van der Waals surface area (Å²) in [6.45, 7) is 29.2. The molecule has 0 unspecified atom stereocenters. The average molecular weight is 2050 g/mol. The first-order valence-electron chi connectivity index (χ1n) is 39.3. The summed E-state index contributed by atoms with van der Waals surface area (Å²) in [5.74, 6) is 1.33. The maximum Gasteiger partial charge on any atom is 0.0193 e. The summed E-state index contributed by atoms with van der Waals surface area (Å²) in [6.07, 6.45) is 16.9. The molecule has 15 aromatic rings. The zero-order valence-corrected chi connectivity index (χ0v) is 76.3. The number of hydrogen-bond acceptors (Lipinski definition) is 6. The summed E-state index contributed by atoms with van der Waals surface area (Å²) < 4.78 is 0. The van der Waals surface area contributed by atoms with Crippen molar-refractivity contribution in [3.8, 4) is 101 Å². The Bertz CT molecular complexity index is 5040. The first kappa shape index (κ1) is 93.0. The molecule has 9 heteroatoms. The quantitative estimate of drug-likeness (QED) is 0.0897. The predicted molar refractivity (Wildman–Crippen MR) is 474 cm³/mol. The zero-order chi connectivity index (χ0) is 79.8. The van der Waals surface area contributed by atoms with Crippen molar-refractivity contribution in [1.82, 2.24) is 29.9 Å². The Hall–Kier alpha value is -10.2. The van der Waals surface area contributed by atoms with Crippen LogP contribution in [0.1, 0.15) is 118 Å². The molecule has 6 aromatic heterocycles. The maximum atomic E-state index is 4.64. The van der Waals surface area contributed by atoms with Crippen LogP contribution in [0.3, 0.4) is 0 Å². The van der Waals surface area contributed by atoms with Crippen molar-refractivity contribution in [3.63, 3.8) is 0 Å². The molecule has 0 saturated carbocycles. The number of pyridine rings is 6. The molecule has 9 aromatic carbocycles. The van der Waals surface area contributed by atoms with Crippen LogP contribution in [0.15, 0.2) is 334 Å². The van der Waals surface area contributed by atoms with E-state index >= 15 is 0 Å². The molecule has 597 valence electrons. The van der Waals surface area contributed by atoms with E-state index in [1.165, 1.54) is 61.2 Å². The standard InChI is InChI=1S/2C22H22N.C21H20N.C16H18N.C15H16N.C11H8N.3Ir/c1-22(2,3)16-17-10-12-18(13-11-17)19-7-6-8-20(15-19)21-9-4-5-14-23-21;1-22(2,3)15-17-12-13-21(23-16-17)20-11-7-10-19(14-20)18-8-5-4-6-9-18;1-16(2)13-17-11-12-21(22-15-17)20-10-6-9-19(14-20)18-7-4-3-5-8-18;1-16(2,3)11-13-9-10-15(17-12-13)14-7-5-4-6-8-14;1-12(2)10-13-8-9-15(16-11-13)14-6-4-3-5-7-14;1-2-6-10(7-3-1)11-8-4-5-9-12-11;;;/h4-7,9-15H,16H2,1-3H3;4-10,12-14,16H,15H2,1-3H3;3-9,11-12,14-16H,13H2,1-2H3;4-7,9-10,12H,11H2,1-3H3;3-6,8-9,11-12H,10H2,1-2H3;1-6,8-9H;;;/q6*-1;;;. The minimum Gasteiger partial charge on any atom is -0.305 e. The van der Waals surface area contributed by atoms with Gasteiger partial charge in [-0.15, -0.1) is 214 Å². The Morgan fingerprint density at radius 1 is 0.233 bits per heavy atom. The van der Waals surface area contributed by atoms with Crippen LogP contribution in [-0.4, -0.2) is 29.9 Å². The van der Waals surface area contributed by atoms with Gasteiger partial charge < -0.3 is 29.9 Å². The molecule has 0 atom stereocenters. The first-order chi connectivity index (χ1) is 54.5. The third-order valence-electron chi connectivity index (χ3n) is 17.8. The van der Waals surface area contributed by atoms with Gasteiger partial charge in [0.2, 0.25) is 0 Å². The van der Waals surface area contributed by atoms with Gasteiger partial charge in [0.05, 0.1) is 0 Å². The molecule has 0 amide bonds. The third-order valence-corrected chi connectivity index (χ3v) is 17.8. The van der Waals surface area contributed by atoms with Crippen molar-refractivity contribution in [2.45, 2.75) is 122 Å². The molecule has 0 aliphatic rings. The smallest absolute Gasteiger partial charge is 0.0193 e. The molecular weight excluding hydrogens is 1950 g/mol. The summed E-state index contributed by atoms with van der Waals surface area (Å²) >= 11 is 0. The van der Waals surface area contributed by atoms with Gasteiger partial charge in [-0.25, -0.2) is 0 Å². The van der Waals surface area contributed by atoms with Gasteiger partial charge in [-0.05, 0) is 151 Å². The Morgan fingerprint density at radius 2 is 0.500 bits per heavy atom. The molecule has 0 saturated heterocycles. The monoisotopic (exact) mass is 2050 g/mol. The molecule has 6 heterocycles. The first-order valence-corrected chi connectivity index (χ1v) is 39.3. The van der Waals surface area contributed by atoms with Crippen molar-refractivity contribution >= 4 is 0 Å². The normalized spacial score (nSPS) is 10.8. The molecule has 3 radical (unpaired) electrons. The molecule has 0 aliphatic carbocycles. The molecule has 0 bridgehead atoms. The summed E-state index contributed by atoms with van der Waals surface area (Å²) in [7, 11) is 0. The van der Waals surface area contributed by atoms with E-state index in [-0.39, 0.29) is 65.7 Å². The number of rotatable bonds is 16. The van der Waals surface area contributed by atoms with Gasteiger partial charge in [-0.2, -0.15) is 0 Å². The fourth-order valence-electron chi connectivity index (χ4n) is 12.7. The molecule has 0 N–H and O–H groups in total. The number of hydrogen-bond donors (Lipinski definition) is 0. The largest absolute Gasteiger partial charge is 0.305 e. The Kier molecular flexibility index (Phi) is 37.8. The molecule has 0 spiro atoms. The second-order valence-electron chi connectivity index (χ2n) is 32.8. The number of aromatic nitrogens is 6. The van der Waals surface area contributed by atoms with Crippen LogP contribution in [0.25, 0.3) is 101 Å².